The number of fused-ring (bicyclic) bond motifs is 1. The number of hydrogen-bond acceptors (Lipinski definition) is 4. The lowest BCUT2D eigenvalue weighted by atomic mass is 10.1. The van der Waals surface area contributed by atoms with E-state index in [4.69, 9.17) is 5.26 Å². The minimum atomic E-state index is -0.601. The molecule has 3 N–H and O–H groups in total. The Kier molecular flexibility index (Phi) is 6.70. The van der Waals surface area contributed by atoms with Gasteiger partial charge in [-0.1, -0.05) is 18.2 Å². The third-order valence-corrected chi connectivity index (χ3v) is 4.21. The predicted molar refractivity (Wildman–Crippen MR) is 95.6 cm³/mol. The van der Waals surface area contributed by atoms with Crippen molar-refractivity contribution in [2.75, 3.05) is 18.6 Å². The van der Waals surface area contributed by atoms with Gasteiger partial charge in [0, 0.05) is 29.4 Å². The van der Waals surface area contributed by atoms with Gasteiger partial charge in [0.25, 0.3) is 0 Å². The maximum absolute atomic E-state index is 12.3. The molecule has 0 aliphatic rings. The molecule has 0 radical (unpaired) electrons. The van der Waals surface area contributed by atoms with E-state index in [2.05, 4.69) is 15.6 Å². The Bertz CT molecular complexity index is 750. The molecule has 0 spiro atoms. The first-order valence-electron chi connectivity index (χ1n) is 7.63. The summed E-state index contributed by atoms with van der Waals surface area (Å²) in [4.78, 5) is 27.5. The molecule has 126 valence electrons. The Morgan fingerprint density at radius 1 is 1.38 bits per heavy atom. The van der Waals surface area contributed by atoms with Crippen LogP contribution in [0.5, 0.6) is 0 Å². The molecule has 0 aliphatic carbocycles. The Morgan fingerprint density at radius 3 is 2.92 bits per heavy atom. The van der Waals surface area contributed by atoms with E-state index in [-0.39, 0.29) is 24.7 Å². The summed E-state index contributed by atoms with van der Waals surface area (Å²) in [5, 5.41) is 15.0. The van der Waals surface area contributed by atoms with Crippen molar-refractivity contribution < 1.29 is 9.59 Å². The maximum Gasteiger partial charge on any atom is 0.243 e. The van der Waals surface area contributed by atoms with Gasteiger partial charge in [-0.3, -0.25) is 9.59 Å². The van der Waals surface area contributed by atoms with Crippen LogP contribution in [-0.4, -0.2) is 41.4 Å². The van der Waals surface area contributed by atoms with E-state index in [1.165, 1.54) is 11.8 Å². The number of hydrogen-bond donors (Lipinski definition) is 3. The monoisotopic (exact) mass is 344 g/mol. The number of benzene rings is 1. The predicted octanol–water partition coefficient (Wildman–Crippen LogP) is 1.59. The normalized spacial score (nSPS) is 11.7. The molecule has 1 atom stereocenters. The van der Waals surface area contributed by atoms with Gasteiger partial charge < -0.3 is 15.6 Å². The first-order chi connectivity index (χ1) is 11.7. The average Bonchev–Trinajstić information content (AvgIpc) is 2.98. The van der Waals surface area contributed by atoms with E-state index in [0.29, 0.717) is 12.3 Å². The molecule has 1 aromatic carbocycles. The molecule has 7 heteroatoms. The second-order valence-corrected chi connectivity index (χ2v) is 6.22. The number of rotatable bonds is 8. The first-order valence-corrected chi connectivity index (χ1v) is 9.03. The number of carbonyl (C=O) groups excluding carboxylic acids is 2. The van der Waals surface area contributed by atoms with Crippen molar-refractivity contribution in [1.29, 1.82) is 5.26 Å². The molecular weight excluding hydrogens is 324 g/mol. The molecule has 0 bridgehead atoms. The summed E-state index contributed by atoms with van der Waals surface area (Å²) in [5.41, 5.74) is 1.88. The van der Waals surface area contributed by atoms with Gasteiger partial charge in [-0.25, -0.2) is 0 Å². The van der Waals surface area contributed by atoms with Crippen LogP contribution in [0.2, 0.25) is 0 Å². The summed E-state index contributed by atoms with van der Waals surface area (Å²) in [5.74, 6) is 0.0268. The van der Waals surface area contributed by atoms with Gasteiger partial charge in [0.2, 0.25) is 11.8 Å². The zero-order valence-corrected chi connectivity index (χ0v) is 14.3. The average molecular weight is 344 g/mol. The molecule has 2 amide bonds. The number of aromatic nitrogens is 1. The first kappa shape index (κ1) is 17.9. The highest BCUT2D eigenvalue weighted by Crippen LogP contribution is 2.18. The summed E-state index contributed by atoms with van der Waals surface area (Å²) < 4.78 is 0. The number of nitrogens with one attached hydrogen (secondary N) is 3. The van der Waals surface area contributed by atoms with E-state index in [1.807, 2.05) is 42.8 Å². The number of H-pyrrole nitrogens is 1. The lowest BCUT2D eigenvalue weighted by molar-refractivity contribution is -0.128. The summed E-state index contributed by atoms with van der Waals surface area (Å²) in [6.45, 7) is 0.290. The van der Waals surface area contributed by atoms with Crippen LogP contribution in [0.4, 0.5) is 0 Å². The number of aromatic amines is 1. The zero-order chi connectivity index (χ0) is 17.4. The van der Waals surface area contributed by atoms with Gasteiger partial charge in [0.15, 0.2) is 0 Å². The Balaban J connectivity index is 1.97. The van der Waals surface area contributed by atoms with Gasteiger partial charge in [-0.2, -0.15) is 17.0 Å². The van der Waals surface area contributed by atoms with Crippen molar-refractivity contribution in [3.05, 3.63) is 36.0 Å². The third kappa shape index (κ3) is 4.77. The van der Waals surface area contributed by atoms with Crippen LogP contribution in [-0.2, 0) is 16.0 Å². The molecular formula is C17H20N4O2S. The quantitative estimate of drug-likeness (QED) is 0.633. The number of para-hydroxylation sites is 1. The van der Waals surface area contributed by atoms with E-state index < -0.39 is 6.04 Å². The molecule has 0 saturated carbocycles. The van der Waals surface area contributed by atoms with Crippen molar-refractivity contribution in [2.24, 2.45) is 0 Å². The van der Waals surface area contributed by atoms with Crippen LogP contribution in [0, 0.1) is 11.3 Å². The van der Waals surface area contributed by atoms with Crippen LogP contribution in [0.15, 0.2) is 30.5 Å². The second kappa shape index (κ2) is 8.99. The van der Waals surface area contributed by atoms with E-state index in [1.54, 1.807) is 0 Å². The fourth-order valence-corrected chi connectivity index (χ4v) is 2.98. The highest BCUT2D eigenvalue weighted by Gasteiger charge is 2.20. The summed E-state index contributed by atoms with van der Waals surface area (Å²) in [6.07, 6.45) is 4.16. The van der Waals surface area contributed by atoms with Crippen molar-refractivity contribution >= 4 is 34.5 Å². The van der Waals surface area contributed by atoms with Crippen molar-refractivity contribution in [2.45, 2.75) is 18.9 Å². The van der Waals surface area contributed by atoms with E-state index in [0.717, 1.165) is 16.5 Å². The van der Waals surface area contributed by atoms with E-state index >= 15 is 0 Å². The van der Waals surface area contributed by atoms with Crippen LogP contribution >= 0.6 is 11.8 Å². The number of carbonyl (C=O) groups is 2. The summed E-state index contributed by atoms with van der Waals surface area (Å²) in [7, 11) is 0. The highest BCUT2D eigenvalue weighted by molar-refractivity contribution is 7.98. The topological polar surface area (TPSA) is 97.8 Å². The van der Waals surface area contributed by atoms with Gasteiger partial charge in [-0.15, -0.1) is 0 Å². The summed E-state index contributed by atoms with van der Waals surface area (Å²) in [6, 6.07) is 9.15. The van der Waals surface area contributed by atoms with Crippen molar-refractivity contribution in [3.63, 3.8) is 0 Å². The number of amides is 2. The molecule has 1 heterocycles. The van der Waals surface area contributed by atoms with Crippen LogP contribution in [0.1, 0.15) is 12.0 Å². The molecule has 0 saturated heterocycles. The highest BCUT2D eigenvalue weighted by atomic mass is 32.2. The van der Waals surface area contributed by atoms with Crippen molar-refractivity contribution in [1.82, 2.24) is 15.6 Å². The van der Waals surface area contributed by atoms with Gasteiger partial charge in [0.1, 0.15) is 6.04 Å². The fraction of sp³-hybridized carbons (Fsp3) is 0.353. The van der Waals surface area contributed by atoms with Gasteiger partial charge in [0.05, 0.1) is 18.9 Å². The standard InChI is InChI=1S/C17H20N4O2S/c1-24-11-15(17(23)19-8-4-7-18)21-16(22)9-12-10-20-14-6-3-2-5-13(12)14/h2-3,5-6,10,15,20H,4,8-9,11H2,1H3,(H,19,23)(H,21,22). The molecule has 0 fully saturated rings. The second-order valence-electron chi connectivity index (χ2n) is 5.31. The smallest absolute Gasteiger partial charge is 0.243 e. The molecule has 2 aromatic rings. The molecule has 1 unspecified atom stereocenters. The maximum atomic E-state index is 12.3. The molecule has 0 aliphatic heterocycles. The fourth-order valence-electron chi connectivity index (χ4n) is 2.41. The van der Waals surface area contributed by atoms with Crippen LogP contribution < -0.4 is 10.6 Å². The number of nitrogens with zero attached hydrogens (tertiary/aromatic N) is 1. The minimum absolute atomic E-state index is 0.200. The lowest BCUT2D eigenvalue weighted by Crippen LogP contribution is -2.48. The van der Waals surface area contributed by atoms with Crippen LogP contribution in [0.3, 0.4) is 0 Å². The lowest BCUT2D eigenvalue weighted by Gasteiger charge is -2.17. The minimum Gasteiger partial charge on any atom is -0.361 e. The third-order valence-electron chi connectivity index (χ3n) is 3.55. The molecule has 24 heavy (non-hydrogen) atoms. The van der Waals surface area contributed by atoms with Gasteiger partial charge >= 0.3 is 0 Å². The van der Waals surface area contributed by atoms with E-state index in [9.17, 15) is 9.59 Å². The SMILES string of the molecule is CSCC(NC(=O)Cc1c[nH]c2ccccc12)C(=O)NCCC#N. The molecule has 2 rings (SSSR count). The Labute approximate surface area is 145 Å². The van der Waals surface area contributed by atoms with Crippen molar-refractivity contribution in [3.8, 4) is 6.07 Å². The van der Waals surface area contributed by atoms with Crippen LogP contribution in [0.25, 0.3) is 10.9 Å². The number of nitriles is 1. The summed E-state index contributed by atoms with van der Waals surface area (Å²) >= 11 is 1.48. The Morgan fingerprint density at radius 2 is 2.17 bits per heavy atom. The largest absolute Gasteiger partial charge is 0.361 e. The molecule has 6 nitrogen and oxygen atoms in total. The zero-order valence-electron chi connectivity index (χ0n) is 13.5. The van der Waals surface area contributed by atoms with Gasteiger partial charge in [-0.05, 0) is 17.9 Å². The number of thioether (sulfide) groups is 1. The molecule has 1 aromatic heterocycles. The Hall–Kier alpha value is -2.46.